The number of aromatic nitrogens is 2. The average Bonchev–Trinajstić information content (AvgIpc) is 3.39. The summed E-state index contributed by atoms with van der Waals surface area (Å²) in [5.74, 6) is -0.0417. The standard InChI is InChI=1S/C19H23N3O4S/c23-19(20-12-16-7-4-9-26-16)17-11-18(14-5-2-1-3-6-14)22(21-17)15-8-10-27(24,25)13-15/h1-3,5-6,11,15-16H,4,7-10,12-13H2,(H,20,23)/t15-,16+/m0/s1. The van der Waals surface area contributed by atoms with Gasteiger partial charge in [0.2, 0.25) is 0 Å². The van der Waals surface area contributed by atoms with Crippen molar-refractivity contribution in [1.29, 1.82) is 0 Å². The highest BCUT2D eigenvalue weighted by Crippen LogP contribution is 2.30. The highest BCUT2D eigenvalue weighted by atomic mass is 32.2. The zero-order valence-electron chi connectivity index (χ0n) is 15.0. The molecule has 0 unspecified atom stereocenters. The van der Waals surface area contributed by atoms with Crippen LogP contribution in [-0.2, 0) is 14.6 Å². The Morgan fingerprint density at radius 3 is 2.74 bits per heavy atom. The summed E-state index contributed by atoms with van der Waals surface area (Å²) < 4.78 is 31.1. The number of sulfone groups is 1. The number of nitrogens with one attached hydrogen (secondary N) is 1. The number of benzene rings is 1. The van der Waals surface area contributed by atoms with Gasteiger partial charge in [-0.15, -0.1) is 0 Å². The maximum absolute atomic E-state index is 12.6. The predicted molar refractivity (Wildman–Crippen MR) is 101 cm³/mol. The van der Waals surface area contributed by atoms with Crippen molar-refractivity contribution in [3.63, 3.8) is 0 Å². The van der Waals surface area contributed by atoms with E-state index in [-0.39, 0.29) is 29.6 Å². The van der Waals surface area contributed by atoms with E-state index in [4.69, 9.17) is 4.74 Å². The first-order chi connectivity index (χ1) is 13.0. The zero-order valence-corrected chi connectivity index (χ0v) is 15.8. The van der Waals surface area contributed by atoms with Gasteiger partial charge in [-0.2, -0.15) is 5.10 Å². The summed E-state index contributed by atoms with van der Waals surface area (Å²) in [5.41, 5.74) is 1.98. The summed E-state index contributed by atoms with van der Waals surface area (Å²) in [6, 6.07) is 11.1. The van der Waals surface area contributed by atoms with Crippen LogP contribution in [0.4, 0.5) is 0 Å². The summed E-state index contributed by atoms with van der Waals surface area (Å²) >= 11 is 0. The van der Waals surface area contributed by atoms with Crippen LogP contribution in [0.5, 0.6) is 0 Å². The van der Waals surface area contributed by atoms with Crippen LogP contribution in [0.15, 0.2) is 36.4 Å². The molecule has 2 atom stereocenters. The van der Waals surface area contributed by atoms with Crippen LogP contribution in [0.25, 0.3) is 11.3 Å². The van der Waals surface area contributed by atoms with Gasteiger partial charge in [-0.25, -0.2) is 8.42 Å². The molecule has 4 rings (SSSR count). The van der Waals surface area contributed by atoms with Crippen molar-refractivity contribution in [2.45, 2.75) is 31.4 Å². The summed E-state index contributed by atoms with van der Waals surface area (Å²) in [6.07, 6.45) is 2.54. The topological polar surface area (TPSA) is 90.3 Å². The summed E-state index contributed by atoms with van der Waals surface area (Å²) in [5, 5.41) is 7.36. The number of amides is 1. The predicted octanol–water partition coefficient (Wildman–Crippen LogP) is 1.82. The largest absolute Gasteiger partial charge is 0.376 e. The Bertz CT molecular complexity index is 918. The monoisotopic (exact) mass is 389 g/mol. The SMILES string of the molecule is O=C(NC[C@H]1CCCO1)c1cc(-c2ccccc2)n([C@H]2CCS(=O)(=O)C2)n1. The smallest absolute Gasteiger partial charge is 0.271 e. The summed E-state index contributed by atoms with van der Waals surface area (Å²) in [7, 11) is -3.05. The second-order valence-electron chi connectivity index (χ2n) is 7.13. The molecule has 0 aliphatic carbocycles. The van der Waals surface area contributed by atoms with E-state index in [1.807, 2.05) is 30.3 Å². The number of ether oxygens (including phenoxy) is 1. The lowest BCUT2D eigenvalue weighted by molar-refractivity contribution is 0.0853. The Hall–Kier alpha value is -2.19. The third-order valence-corrected chi connectivity index (χ3v) is 6.86. The maximum atomic E-state index is 12.6. The second kappa shape index (κ2) is 7.44. The first-order valence-electron chi connectivity index (χ1n) is 9.27. The Morgan fingerprint density at radius 2 is 2.07 bits per heavy atom. The molecule has 27 heavy (non-hydrogen) atoms. The molecule has 1 aromatic heterocycles. The van der Waals surface area contributed by atoms with Crippen molar-refractivity contribution < 1.29 is 17.9 Å². The van der Waals surface area contributed by atoms with Gasteiger partial charge in [0.1, 0.15) is 0 Å². The molecule has 2 fully saturated rings. The van der Waals surface area contributed by atoms with E-state index in [1.165, 1.54) is 0 Å². The molecule has 1 N–H and O–H groups in total. The molecule has 0 bridgehead atoms. The van der Waals surface area contributed by atoms with Gasteiger partial charge in [0.15, 0.2) is 15.5 Å². The van der Waals surface area contributed by atoms with Gasteiger partial charge in [0.25, 0.3) is 5.91 Å². The van der Waals surface area contributed by atoms with Crippen LogP contribution in [0.3, 0.4) is 0 Å². The molecule has 7 nitrogen and oxygen atoms in total. The first-order valence-corrected chi connectivity index (χ1v) is 11.1. The lowest BCUT2D eigenvalue weighted by atomic mass is 10.1. The fourth-order valence-electron chi connectivity index (χ4n) is 3.68. The van der Waals surface area contributed by atoms with Gasteiger partial charge in [-0.3, -0.25) is 9.48 Å². The normalized spacial score (nSPS) is 24.1. The molecule has 2 saturated heterocycles. The van der Waals surface area contributed by atoms with E-state index in [2.05, 4.69) is 10.4 Å². The van der Waals surface area contributed by atoms with Gasteiger partial charge in [-0.05, 0) is 30.9 Å². The van der Waals surface area contributed by atoms with Crippen LogP contribution in [0, 0.1) is 0 Å². The van der Waals surface area contributed by atoms with E-state index in [0.29, 0.717) is 18.7 Å². The third kappa shape index (κ3) is 4.06. The second-order valence-corrected chi connectivity index (χ2v) is 9.36. The van der Waals surface area contributed by atoms with Crippen LogP contribution >= 0.6 is 0 Å². The number of hydrogen-bond donors (Lipinski definition) is 1. The molecule has 8 heteroatoms. The Kier molecular flexibility index (Phi) is 5.01. The molecule has 0 spiro atoms. The summed E-state index contributed by atoms with van der Waals surface area (Å²) in [6.45, 7) is 1.20. The van der Waals surface area contributed by atoms with Gasteiger partial charge >= 0.3 is 0 Å². The highest BCUT2D eigenvalue weighted by Gasteiger charge is 2.32. The van der Waals surface area contributed by atoms with Gasteiger partial charge < -0.3 is 10.1 Å². The molecule has 0 saturated carbocycles. The van der Waals surface area contributed by atoms with E-state index < -0.39 is 9.84 Å². The Labute approximate surface area is 158 Å². The Morgan fingerprint density at radius 1 is 1.26 bits per heavy atom. The molecule has 2 aliphatic rings. The van der Waals surface area contributed by atoms with Gasteiger partial charge in [0, 0.05) is 13.2 Å². The van der Waals surface area contributed by atoms with E-state index in [9.17, 15) is 13.2 Å². The molecule has 1 aromatic carbocycles. The van der Waals surface area contributed by atoms with E-state index in [1.54, 1.807) is 10.7 Å². The molecule has 2 aliphatic heterocycles. The Balaban J connectivity index is 1.60. The minimum atomic E-state index is -3.05. The fourth-order valence-corrected chi connectivity index (χ4v) is 5.37. The number of carbonyl (C=O) groups excluding carboxylic acids is 1. The lowest BCUT2D eigenvalue weighted by Crippen LogP contribution is -2.32. The van der Waals surface area contributed by atoms with Crippen LogP contribution < -0.4 is 5.32 Å². The van der Waals surface area contributed by atoms with E-state index >= 15 is 0 Å². The summed E-state index contributed by atoms with van der Waals surface area (Å²) in [4.78, 5) is 12.6. The third-order valence-electron chi connectivity index (χ3n) is 5.11. The molecular formula is C19H23N3O4S. The van der Waals surface area contributed by atoms with Crippen molar-refractivity contribution in [3.8, 4) is 11.3 Å². The maximum Gasteiger partial charge on any atom is 0.271 e. The zero-order chi connectivity index (χ0) is 18.9. The van der Waals surface area contributed by atoms with Gasteiger partial charge in [-0.1, -0.05) is 30.3 Å². The number of hydrogen-bond acceptors (Lipinski definition) is 5. The lowest BCUT2D eigenvalue weighted by Gasteiger charge is -2.13. The fraction of sp³-hybridized carbons (Fsp3) is 0.474. The quantitative estimate of drug-likeness (QED) is 0.842. The minimum Gasteiger partial charge on any atom is -0.376 e. The van der Waals surface area contributed by atoms with Crippen LogP contribution in [-0.4, -0.2) is 54.9 Å². The number of rotatable bonds is 5. The van der Waals surface area contributed by atoms with Crippen molar-refractivity contribution in [1.82, 2.24) is 15.1 Å². The molecule has 1 amide bonds. The molecular weight excluding hydrogens is 366 g/mol. The number of carbonyl (C=O) groups is 1. The van der Waals surface area contributed by atoms with Crippen molar-refractivity contribution in [2.24, 2.45) is 0 Å². The van der Waals surface area contributed by atoms with Crippen molar-refractivity contribution >= 4 is 15.7 Å². The van der Waals surface area contributed by atoms with Crippen LogP contribution in [0.2, 0.25) is 0 Å². The van der Waals surface area contributed by atoms with Crippen LogP contribution in [0.1, 0.15) is 35.8 Å². The molecule has 144 valence electrons. The average molecular weight is 389 g/mol. The minimum absolute atomic E-state index is 0.0598. The van der Waals surface area contributed by atoms with E-state index in [0.717, 1.165) is 30.7 Å². The highest BCUT2D eigenvalue weighted by molar-refractivity contribution is 7.91. The van der Waals surface area contributed by atoms with Crippen molar-refractivity contribution in [2.75, 3.05) is 24.7 Å². The first kappa shape index (κ1) is 18.2. The molecule has 0 radical (unpaired) electrons. The van der Waals surface area contributed by atoms with Crippen molar-refractivity contribution in [3.05, 3.63) is 42.1 Å². The number of nitrogens with zero attached hydrogens (tertiary/aromatic N) is 2. The molecule has 3 heterocycles. The molecule has 2 aromatic rings. The van der Waals surface area contributed by atoms with Gasteiger partial charge in [0.05, 0.1) is 29.3 Å².